The lowest BCUT2D eigenvalue weighted by atomic mass is 9.82. The van der Waals surface area contributed by atoms with E-state index in [-0.39, 0.29) is 65.4 Å². The van der Waals surface area contributed by atoms with E-state index in [1.54, 1.807) is 160 Å². The van der Waals surface area contributed by atoms with Crippen molar-refractivity contribution in [2.45, 2.75) is 225 Å². The second kappa shape index (κ2) is 73.8. The van der Waals surface area contributed by atoms with E-state index in [0.29, 0.717) is 111 Å². The molecule has 9 atom stereocenters. The van der Waals surface area contributed by atoms with Crippen molar-refractivity contribution in [2.75, 3.05) is 13.7 Å². The highest BCUT2D eigenvalue weighted by molar-refractivity contribution is 6.42. The van der Waals surface area contributed by atoms with Gasteiger partial charge in [-0.1, -0.05) is 223 Å². The molecule has 0 saturated heterocycles. The van der Waals surface area contributed by atoms with Gasteiger partial charge in [0.1, 0.15) is 89.2 Å². The summed E-state index contributed by atoms with van der Waals surface area (Å²) in [7, 11) is 1.61. The van der Waals surface area contributed by atoms with Crippen LogP contribution in [0.2, 0.25) is 10.0 Å². The van der Waals surface area contributed by atoms with Crippen molar-refractivity contribution >= 4 is 52.1 Å². The molecule has 0 aliphatic carbocycles. The summed E-state index contributed by atoms with van der Waals surface area (Å²) in [5, 5.41) is 88.2. The lowest BCUT2D eigenvalue weighted by Gasteiger charge is -2.23. The van der Waals surface area contributed by atoms with Crippen molar-refractivity contribution in [3.63, 3.8) is 0 Å². The van der Waals surface area contributed by atoms with Crippen LogP contribution in [0.25, 0.3) is 0 Å². The van der Waals surface area contributed by atoms with Crippen molar-refractivity contribution in [3.8, 4) is 119 Å². The fourth-order valence-corrected chi connectivity index (χ4v) is 9.96. The minimum Gasteiger partial charge on any atom is -0.497 e. The number of unbranched alkanes of at least 4 members (excludes halogenated alkanes) is 2. The predicted molar refractivity (Wildman–Crippen MR) is 496 cm³/mol. The van der Waals surface area contributed by atoms with Crippen LogP contribution in [0.5, 0.6) is 11.5 Å². The highest BCUT2D eigenvalue weighted by Crippen LogP contribution is 2.27. The monoisotopic (exact) mass is 1740 g/mol. The van der Waals surface area contributed by atoms with Gasteiger partial charge in [-0.3, -0.25) is 0 Å². The number of ketones is 5. The van der Waals surface area contributed by atoms with Crippen molar-refractivity contribution < 1.29 is 88.2 Å². The number of aliphatic hydroxyl groups excluding tert-OH is 9. The Morgan fingerprint density at radius 2 is 0.752 bits per heavy atom. The van der Waals surface area contributed by atoms with Gasteiger partial charge in [-0.15, -0.1) is 12.3 Å². The number of hydrogen-bond donors (Lipinski definition) is 9. The van der Waals surface area contributed by atoms with Crippen LogP contribution in [0.1, 0.15) is 187 Å². The number of halogens is 4. The molecule has 0 heterocycles. The number of methoxy groups -OCH3 is 1. The van der Waals surface area contributed by atoms with E-state index in [4.69, 9.17) is 39.1 Å². The van der Waals surface area contributed by atoms with Crippen LogP contribution in [-0.4, -0.2) is 144 Å². The smallest absolute Gasteiger partial charge is 0.130 e. The molecule has 0 aliphatic rings. The Labute approximate surface area is 749 Å². The number of carbonyl (C=O) groups is 5. The van der Waals surface area contributed by atoms with E-state index in [0.717, 1.165) is 36.1 Å². The number of ether oxygens (including phenoxy) is 2. The highest BCUT2D eigenvalue weighted by Gasteiger charge is 2.23. The fraction of sp³-hybridized carbons (Fsp3) is 0.362. The van der Waals surface area contributed by atoms with E-state index < -0.39 is 54.9 Å². The first-order valence-electron chi connectivity index (χ1n) is 40.6. The molecule has 0 saturated carbocycles. The topological polar surface area (TPSA) is 286 Å². The third kappa shape index (κ3) is 73.6. The summed E-state index contributed by atoms with van der Waals surface area (Å²) in [6, 6.07) is 23.9. The summed E-state index contributed by atoms with van der Waals surface area (Å²) in [6.07, 6.45) is 41.5. The maximum Gasteiger partial charge on any atom is 0.130 e. The predicted octanol–water partition coefficient (Wildman–Crippen LogP) is 16.6. The van der Waals surface area contributed by atoms with Gasteiger partial charge in [-0.05, 0) is 219 Å². The zero-order valence-electron chi connectivity index (χ0n) is 72.5. The van der Waals surface area contributed by atoms with E-state index in [9.17, 15) is 78.7 Å². The van der Waals surface area contributed by atoms with E-state index in [2.05, 4.69) is 101 Å². The van der Waals surface area contributed by atoms with Crippen LogP contribution >= 0.6 is 23.2 Å². The third-order valence-corrected chi connectivity index (χ3v) is 16.6. The van der Waals surface area contributed by atoms with Crippen LogP contribution in [0.4, 0.5) is 8.78 Å². The van der Waals surface area contributed by atoms with Gasteiger partial charge < -0.3 is 79.4 Å². The molecule has 0 aliphatic heterocycles. The summed E-state index contributed by atoms with van der Waals surface area (Å²) in [5.74, 6) is 48.6. The van der Waals surface area contributed by atoms with Crippen LogP contribution in [0.15, 0.2) is 213 Å². The summed E-state index contributed by atoms with van der Waals surface area (Å²) >= 11 is 11.8. The molecular weight excluding hydrogens is 1630 g/mol. The number of benzene rings is 4. The molecule has 0 amide bonds. The Hall–Kier alpha value is -11.7. The molecule has 0 unspecified atom stereocenters. The molecule has 0 aromatic heterocycles. The molecule has 4 aromatic rings. The van der Waals surface area contributed by atoms with Gasteiger partial charge in [0.25, 0.3) is 0 Å². The number of hydrogen-bond acceptors (Lipinski definition) is 16. The van der Waals surface area contributed by atoms with Crippen molar-refractivity contribution in [2.24, 2.45) is 5.41 Å². The average Bonchev–Trinajstić information content (AvgIpc) is 0.889. The number of allylic oxidation sites excluding steroid dienone is 15. The van der Waals surface area contributed by atoms with Crippen LogP contribution < -0.4 is 9.47 Å². The summed E-state index contributed by atoms with van der Waals surface area (Å²) in [5.41, 5.74) is 2.00. The van der Waals surface area contributed by atoms with E-state index >= 15 is 0 Å². The van der Waals surface area contributed by atoms with Crippen LogP contribution in [-0.2, 0) is 24.0 Å². The normalized spacial score (nSPS) is 13.0. The zero-order chi connectivity index (χ0) is 93.1. The lowest BCUT2D eigenvalue weighted by molar-refractivity contribution is -0.119. The Balaban J connectivity index is 0.00000155. The largest absolute Gasteiger partial charge is 0.497 e. The second-order valence-electron chi connectivity index (χ2n) is 28.6. The van der Waals surface area contributed by atoms with Gasteiger partial charge in [-0.25, -0.2) is 8.78 Å². The number of Topliss-reactive ketones (excluding diaryl/α,β-unsaturated/α-hetero) is 5. The molecule has 0 fully saturated rings. The van der Waals surface area contributed by atoms with Crippen molar-refractivity contribution in [3.05, 3.63) is 251 Å². The van der Waals surface area contributed by atoms with Crippen molar-refractivity contribution in [1.29, 1.82) is 0 Å². The zero-order valence-corrected chi connectivity index (χ0v) is 74.0. The Bertz CT molecular complexity index is 4790. The van der Waals surface area contributed by atoms with Gasteiger partial charge in [0.05, 0.1) is 41.6 Å². The van der Waals surface area contributed by atoms with E-state index in [1.165, 1.54) is 70.2 Å². The Morgan fingerprint density at radius 3 is 1.14 bits per heavy atom. The quantitative estimate of drug-likeness (QED) is 0.0115. The van der Waals surface area contributed by atoms with Crippen molar-refractivity contribution in [1.82, 2.24) is 0 Å². The fourth-order valence-electron chi connectivity index (χ4n) is 9.66. The number of aliphatic hydroxyl groups is 9. The standard InChI is InChI=1S/C23H26O4.C22H22Cl2O3.C22H27FO4.C22H23FO3.C16H20O2/c1-19(24)9-7-13-21(25)11-5-3-4-6-12-22(26)14-8-10-20-15-17-23(27-2)18-16-20;1-17(25)8-6-12-19(26)10-4-2-3-5-11-20(27)13-7-9-18-14-15-21(23)22(24)16-18;1-17(24)14-22(2,3)15-19(25)8-6-4-5-7-9-20(26)16-27-21-12-10-18(23)11-13-21;1-18(24)8-6-12-21(25)10-4-2-3-5-11-22(26)13-7-9-19-14-16-20(23)17-15-19;1-3-12-16(18)14-11-9-7-5-4-6-8-10-13-15(2)17/h3-4,6,12,15-18,21-22,25-26H,7,9,13-14H2,1-2H3;2-3,5,11,14-16,19-20,26-27H,6,8,12-13H2,1H3;4-5,7,9-13,19-20,25-26H,14-16H2,1-3H3;2-3,5,11,14-17,21-22,25-26H,6,8,12-13H2,1H3;1,7,9,11,14,16,18H,6,8,10,12-13H2,2H3/b4-3+,12-6+;3-2+,11-5+;5-4+,9-7+;3-2+,11-5+;9-7+,14-11+/t21-,22+;2*19-,20+;21-,22+;16-/m11111/s1. The highest BCUT2D eigenvalue weighted by atomic mass is 35.5. The maximum atomic E-state index is 12.8. The average molecular weight is 1740 g/mol. The van der Waals surface area contributed by atoms with Gasteiger partial charge in [0, 0.05) is 80.9 Å². The number of rotatable bonds is 38. The molecule has 0 bridgehead atoms. The molecule has 125 heavy (non-hydrogen) atoms. The molecule has 4 aromatic carbocycles. The summed E-state index contributed by atoms with van der Waals surface area (Å²) in [4.78, 5) is 54.2. The van der Waals surface area contributed by atoms with Gasteiger partial charge in [0.15, 0.2) is 0 Å². The first-order valence-corrected chi connectivity index (χ1v) is 41.4. The second-order valence-corrected chi connectivity index (χ2v) is 29.4. The maximum absolute atomic E-state index is 12.8. The first kappa shape index (κ1) is 113. The van der Waals surface area contributed by atoms with Crippen LogP contribution in [0.3, 0.4) is 0 Å². The molecule has 0 spiro atoms. The molecule has 9 N–H and O–H groups in total. The van der Waals surface area contributed by atoms with Crippen LogP contribution in [0, 0.1) is 124 Å². The van der Waals surface area contributed by atoms with Gasteiger partial charge in [0.2, 0.25) is 0 Å². The Kier molecular flexibility index (Phi) is 67.0. The minimum atomic E-state index is -0.814. The first-order chi connectivity index (χ1) is 59.7. The SMILES string of the molecule is C#CC[C@@H](O)/C=C/C=C/C#CCCCCC(C)=O.CC(=O)CC(C)(C)C[C@H](O)C#C/C=C/C=C/[C@H](O)COc1ccc(F)cc1.CC(=O)CCC[C@H](O)C#C/C=C/C=C/[C@H](O)CC#Cc1ccc(Cl)c(Cl)c1.CC(=O)CCC[C@H](O)C#C/C=C/C=C/[C@H](O)CC#Cc1ccc(F)cc1.COc1ccc(C#CC[C@@H](O)/C=C/C=C/C#C[C@@H](O)CCCC(C)=O)cc1. The number of carbonyl (C=O) groups excluding carboxylic acids is 5. The Morgan fingerprint density at radius 1 is 0.408 bits per heavy atom. The summed E-state index contributed by atoms with van der Waals surface area (Å²) < 4.78 is 35.9. The van der Waals surface area contributed by atoms with Gasteiger partial charge in [-0.2, -0.15) is 0 Å². The van der Waals surface area contributed by atoms with Gasteiger partial charge >= 0.3 is 0 Å². The minimum absolute atomic E-state index is 0.0472. The molecule has 0 radical (unpaired) electrons. The number of terminal acetylenes is 1. The molecule has 662 valence electrons. The molecule has 4 rings (SSSR count). The third-order valence-electron chi connectivity index (χ3n) is 15.8. The molecular formula is C105H118Cl2F2O16. The molecule has 16 nitrogen and oxygen atoms in total. The van der Waals surface area contributed by atoms with E-state index in [1.807, 2.05) is 38.1 Å². The lowest BCUT2D eigenvalue weighted by Crippen LogP contribution is -2.22. The molecule has 20 heteroatoms. The summed E-state index contributed by atoms with van der Waals surface area (Å²) in [6.45, 7) is 11.6.